The Morgan fingerprint density at radius 3 is 2.63 bits per heavy atom. The highest BCUT2D eigenvalue weighted by Gasteiger charge is 2.04. The molecular weight excluding hydrogens is 245 g/mol. The molecule has 0 amide bonds. The maximum atomic E-state index is 13.3. The number of nitrogen functional groups attached to an aromatic ring is 1. The van der Waals surface area contributed by atoms with Crippen LogP contribution in [0.25, 0.3) is 0 Å². The van der Waals surface area contributed by atoms with E-state index < -0.39 is 5.82 Å². The van der Waals surface area contributed by atoms with Crippen LogP contribution in [0.2, 0.25) is 0 Å². The van der Waals surface area contributed by atoms with Crippen LogP contribution < -0.4 is 15.8 Å². The summed E-state index contributed by atoms with van der Waals surface area (Å²) in [6.07, 6.45) is 1.63. The van der Waals surface area contributed by atoms with Crippen molar-refractivity contribution in [2.24, 2.45) is 0 Å². The van der Waals surface area contributed by atoms with Gasteiger partial charge in [0, 0.05) is 24.4 Å². The van der Waals surface area contributed by atoms with Gasteiger partial charge in [0.2, 0.25) is 0 Å². The van der Waals surface area contributed by atoms with Crippen molar-refractivity contribution in [3.05, 3.63) is 42.3 Å². The quantitative estimate of drug-likeness (QED) is 0.828. The molecule has 0 fully saturated rings. The maximum absolute atomic E-state index is 13.3. The molecule has 0 aliphatic rings. The van der Waals surface area contributed by atoms with Crippen molar-refractivity contribution in [1.29, 1.82) is 0 Å². The van der Waals surface area contributed by atoms with Gasteiger partial charge in [-0.25, -0.2) is 9.37 Å². The monoisotopic (exact) mass is 261 g/mol. The van der Waals surface area contributed by atoms with E-state index in [1.54, 1.807) is 24.4 Å². The van der Waals surface area contributed by atoms with E-state index in [1.165, 1.54) is 12.1 Å². The Hall–Kier alpha value is -2.30. The van der Waals surface area contributed by atoms with Crippen LogP contribution in [0.15, 0.2) is 36.5 Å². The van der Waals surface area contributed by atoms with Gasteiger partial charge in [-0.1, -0.05) is 0 Å². The van der Waals surface area contributed by atoms with Crippen molar-refractivity contribution in [3.63, 3.8) is 0 Å². The number of hydrogen-bond acceptors (Lipinski definition) is 4. The number of aromatic nitrogens is 1. The van der Waals surface area contributed by atoms with Crippen LogP contribution in [-0.2, 0) is 0 Å². The normalized spacial score (nSPS) is 10.5. The van der Waals surface area contributed by atoms with Crippen LogP contribution in [0.5, 0.6) is 11.5 Å². The zero-order valence-corrected chi connectivity index (χ0v) is 10.9. The molecule has 2 rings (SSSR count). The first-order valence-electron chi connectivity index (χ1n) is 6.00. The Morgan fingerprint density at radius 2 is 1.95 bits per heavy atom. The number of rotatable bonds is 4. The smallest absolute Gasteiger partial charge is 0.149 e. The minimum atomic E-state index is -0.493. The zero-order chi connectivity index (χ0) is 13.8. The molecule has 0 atom stereocenters. The van der Waals surface area contributed by atoms with E-state index in [0.717, 1.165) is 0 Å². The highest BCUT2D eigenvalue weighted by atomic mass is 19.1. The Bertz CT molecular complexity index is 572. The van der Waals surface area contributed by atoms with Crippen molar-refractivity contribution in [2.75, 3.05) is 11.1 Å². The average Bonchev–Trinajstić information content (AvgIpc) is 2.33. The Balaban J connectivity index is 2.16. The number of nitrogens with two attached hydrogens (primary N) is 1. The molecule has 0 radical (unpaired) electrons. The van der Waals surface area contributed by atoms with Crippen LogP contribution in [0.1, 0.15) is 13.8 Å². The summed E-state index contributed by atoms with van der Waals surface area (Å²) in [5, 5.41) is 3.17. The topological polar surface area (TPSA) is 60.2 Å². The van der Waals surface area contributed by atoms with Crippen molar-refractivity contribution in [3.8, 4) is 11.5 Å². The van der Waals surface area contributed by atoms with Gasteiger partial charge in [-0.3, -0.25) is 0 Å². The molecule has 100 valence electrons. The minimum Gasteiger partial charge on any atom is -0.457 e. The fourth-order valence-electron chi connectivity index (χ4n) is 1.56. The maximum Gasteiger partial charge on any atom is 0.149 e. The van der Waals surface area contributed by atoms with Crippen molar-refractivity contribution in [1.82, 2.24) is 4.98 Å². The predicted octanol–water partition coefficient (Wildman–Crippen LogP) is 3.42. The summed E-state index contributed by atoms with van der Waals surface area (Å²) in [5.41, 5.74) is 5.51. The molecule has 4 nitrogen and oxygen atoms in total. The Labute approximate surface area is 111 Å². The third-order valence-electron chi connectivity index (χ3n) is 2.38. The first kappa shape index (κ1) is 13.1. The van der Waals surface area contributed by atoms with E-state index in [1.807, 2.05) is 13.8 Å². The first-order valence-corrected chi connectivity index (χ1v) is 6.00. The van der Waals surface area contributed by atoms with E-state index in [-0.39, 0.29) is 11.7 Å². The second kappa shape index (κ2) is 5.56. The molecule has 0 aliphatic carbocycles. The third kappa shape index (κ3) is 3.58. The van der Waals surface area contributed by atoms with Crippen LogP contribution in [-0.4, -0.2) is 11.0 Å². The summed E-state index contributed by atoms with van der Waals surface area (Å²) in [6, 6.07) is 8.09. The van der Waals surface area contributed by atoms with Gasteiger partial charge >= 0.3 is 0 Å². The van der Waals surface area contributed by atoms with Crippen LogP contribution in [0.3, 0.4) is 0 Å². The summed E-state index contributed by atoms with van der Waals surface area (Å²) in [5.74, 6) is 1.20. The zero-order valence-electron chi connectivity index (χ0n) is 10.9. The van der Waals surface area contributed by atoms with Gasteiger partial charge in [-0.2, -0.15) is 0 Å². The SMILES string of the molecule is CC(C)Nc1cc(Oc2ccc(N)c(F)c2)ccn1. The first-order chi connectivity index (χ1) is 9.04. The second-order valence-electron chi connectivity index (χ2n) is 4.46. The number of nitrogens with one attached hydrogen (secondary N) is 1. The largest absolute Gasteiger partial charge is 0.457 e. The number of pyridine rings is 1. The van der Waals surface area contributed by atoms with Gasteiger partial charge in [0.1, 0.15) is 23.1 Å². The molecule has 0 unspecified atom stereocenters. The van der Waals surface area contributed by atoms with Gasteiger partial charge in [0.25, 0.3) is 0 Å². The van der Waals surface area contributed by atoms with Gasteiger partial charge in [-0.15, -0.1) is 0 Å². The van der Waals surface area contributed by atoms with Crippen molar-refractivity contribution < 1.29 is 9.13 Å². The molecular formula is C14H16FN3O. The molecule has 0 saturated carbocycles. The van der Waals surface area contributed by atoms with E-state index >= 15 is 0 Å². The van der Waals surface area contributed by atoms with E-state index in [9.17, 15) is 4.39 Å². The van der Waals surface area contributed by atoms with Crippen LogP contribution in [0.4, 0.5) is 15.9 Å². The fraction of sp³-hybridized carbons (Fsp3) is 0.214. The molecule has 5 heteroatoms. The fourth-order valence-corrected chi connectivity index (χ4v) is 1.56. The minimum absolute atomic E-state index is 0.101. The highest BCUT2D eigenvalue weighted by molar-refractivity contribution is 5.46. The lowest BCUT2D eigenvalue weighted by Crippen LogP contribution is -2.10. The number of anilines is 2. The summed E-state index contributed by atoms with van der Waals surface area (Å²) in [4.78, 5) is 4.17. The molecule has 0 saturated heterocycles. The molecule has 1 heterocycles. The Morgan fingerprint density at radius 1 is 1.21 bits per heavy atom. The van der Waals surface area contributed by atoms with Gasteiger partial charge < -0.3 is 15.8 Å². The average molecular weight is 261 g/mol. The molecule has 0 bridgehead atoms. The lowest BCUT2D eigenvalue weighted by Gasteiger charge is -2.11. The van der Waals surface area contributed by atoms with Crippen LogP contribution >= 0.6 is 0 Å². The molecule has 19 heavy (non-hydrogen) atoms. The summed E-state index contributed by atoms with van der Waals surface area (Å²) >= 11 is 0. The van der Waals surface area contributed by atoms with E-state index in [4.69, 9.17) is 10.5 Å². The van der Waals surface area contributed by atoms with Gasteiger partial charge in [-0.05, 0) is 32.0 Å². The number of ether oxygens (including phenoxy) is 1. The number of benzene rings is 1. The number of hydrogen-bond donors (Lipinski definition) is 2. The molecule has 3 N–H and O–H groups in total. The standard InChI is InChI=1S/C14H16FN3O/c1-9(2)18-14-8-11(5-6-17-14)19-10-3-4-13(16)12(15)7-10/h3-9H,16H2,1-2H3,(H,17,18). The summed E-state index contributed by atoms with van der Waals surface area (Å²) in [7, 11) is 0. The number of nitrogens with zero attached hydrogens (tertiary/aromatic N) is 1. The molecule has 1 aromatic heterocycles. The molecule has 1 aromatic carbocycles. The van der Waals surface area contributed by atoms with E-state index in [2.05, 4.69) is 10.3 Å². The summed E-state index contributed by atoms with van der Waals surface area (Å²) in [6.45, 7) is 4.04. The lowest BCUT2D eigenvalue weighted by molar-refractivity contribution is 0.476. The predicted molar refractivity (Wildman–Crippen MR) is 73.9 cm³/mol. The van der Waals surface area contributed by atoms with Crippen molar-refractivity contribution in [2.45, 2.75) is 19.9 Å². The van der Waals surface area contributed by atoms with Crippen molar-refractivity contribution >= 4 is 11.5 Å². The molecule has 0 spiro atoms. The highest BCUT2D eigenvalue weighted by Crippen LogP contribution is 2.25. The third-order valence-corrected chi connectivity index (χ3v) is 2.38. The van der Waals surface area contributed by atoms with Gasteiger partial charge in [0.05, 0.1) is 5.69 Å². The second-order valence-corrected chi connectivity index (χ2v) is 4.46. The lowest BCUT2D eigenvalue weighted by atomic mass is 10.3. The number of halogens is 1. The molecule has 0 aliphatic heterocycles. The molecule has 2 aromatic rings. The van der Waals surface area contributed by atoms with Gasteiger partial charge in [0.15, 0.2) is 0 Å². The Kier molecular flexibility index (Phi) is 3.85. The van der Waals surface area contributed by atoms with E-state index in [0.29, 0.717) is 17.3 Å². The summed E-state index contributed by atoms with van der Waals surface area (Å²) < 4.78 is 18.9. The van der Waals surface area contributed by atoms with Crippen LogP contribution in [0, 0.1) is 5.82 Å².